The fourth-order valence-corrected chi connectivity index (χ4v) is 3.25. The average Bonchev–Trinajstić information content (AvgIpc) is 3.02. The Morgan fingerprint density at radius 1 is 1.17 bits per heavy atom. The molecule has 0 saturated carbocycles. The van der Waals surface area contributed by atoms with Crippen LogP contribution in [-0.4, -0.2) is 61.0 Å². The third kappa shape index (κ3) is 4.40. The number of likely N-dealkylation sites (tertiary alicyclic amines) is 1. The van der Waals surface area contributed by atoms with E-state index in [0.717, 1.165) is 57.8 Å². The fraction of sp³-hybridized carbons (Fsp3) is 0.562. The number of amides is 1. The number of benzene rings is 1. The summed E-state index contributed by atoms with van der Waals surface area (Å²) in [5.74, 6) is -1.79. The molecule has 0 aromatic heterocycles. The number of carbonyl (C=O) groups excluding carboxylic acids is 1. The minimum atomic E-state index is -0.898. The van der Waals surface area contributed by atoms with Crippen LogP contribution in [0.5, 0.6) is 0 Å². The maximum Gasteiger partial charge on any atom is 0.227 e. The zero-order valence-electron chi connectivity index (χ0n) is 12.9. The van der Waals surface area contributed by atoms with E-state index in [1.165, 1.54) is 6.07 Å². The lowest BCUT2D eigenvalue weighted by Crippen LogP contribution is -2.49. The Morgan fingerprint density at radius 2 is 1.91 bits per heavy atom. The summed E-state index contributed by atoms with van der Waals surface area (Å²) >= 11 is 0. The lowest BCUT2D eigenvalue weighted by Gasteiger charge is -2.32. The SMILES string of the molecule is Cl.O=C(Cc1ccc(F)c(F)c1)N1CCC(N2CCNCC2)C1. The molecule has 0 bridgehead atoms. The van der Waals surface area contributed by atoms with Crippen LogP contribution in [0.2, 0.25) is 0 Å². The molecule has 3 rings (SSSR count). The van der Waals surface area contributed by atoms with Gasteiger partial charge in [0.2, 0.25) is 5.91 Å². The largest absolute Gasteiger partial charge is 0.341 e. The molecule has 0 radical (unpaired) electrons. The number of hydrogen-bond acceptors (Lipinski definition) is 3. The highest BCUT2D eigenvalue weighted by Gasteiger charge is 2.30. The molecule has 2 aliphatic rings. The van der Waals surface area contributed by atoms with E-state index in [4.69, 9.17) is 0 Å². The van der Waals surface area contributed by atoms with Crippen LogP contribution in [0.3, 0.4) is 0 Å². The predicted octanol–water partition coefficient (Wildman–Crippen LogP) is 1.44. The summed E-state index contributed by atoms with van der Waals surface area (Å²) in [6, 6.07) is 4.08. The molecule has 1 unspecified atom stereocenters. The number of halogens is 3. The maximum atomic E-state index is 13.2. The van der Waals surface area contributed by atoms with E-state index in [2.05, 4.69) is 10.2 Å². The van der Waals surface area contributed by atoms with Crippen molar-refractivity contribution in [1.82, 2.24) is 15.1 Å². The molecule has 2 saturated heterocycles. The first-order valence-electron chi connectivity index (χ1n) is 7.80. The van der Waals surface area contributed by atoms with Crippen molar-refractivity contribution in [3.05, 3.63) is 35.4 Å². The van der Waals surface area contributed by atoms with Gasteiger partial charge in [0, 0.05) is 45.3 Å². The Bertz CT molecular complexity index is 552. The van der Waals surface area contributed by atoms with Gasteiger partial charge in [-0.1, -0.05) is 6.07 Å². The topological polar surface area (TPSA) is 35.6 Å². The molecule has 23 heavy (non-hydrogen) atoms. The fourth-order valence-electron chi connectivity index (χ4n) is 3.25. The zero-order chi connectivity index (χ0) is 15.5. The summed E-state index contributed by atoms with van der Waals surface area (Å²) in [7, 11) is 0. The minimum absolute atomic E-state index is 0. The molecule has 0 aliphatic carbocycles. The van der Waals surface area contributed by atoms with Gasteiger partial charge in [0.05, 0.1) is 6.42 Å². The second-order valence-corrected chi connectivity index (χ2v) is 5.99. The third-order valence-corrected chi connectivity index (χ3v) is 4.52. The number of nitrogens with one attached hydrogen (secondary N) is 1. The zero-order valence-corrected chi connectivity index (χ0v) is 13.7. The molecule has 7 heteroatoms. The van der Waals surface area contributed by atoms with Gasteiger partial charge in [-0.3, -0.25) is 9.69 Å². The summed E-state index contributed by atoms with van der Waals surface area (Å²) < 4.78 is 26.1. The van der Waals surface area contributed by atoms with Gasteiger partial charge in [-0.25, -0.2) is 8.78 Å². The average molecular weight is 346 g/mol. The third-order valence-electron chi connectivity index (χ3n) is 4.52. The first-order valence-corrected chi connectivity index (χ1v) is 7.80. The molecule has 1 amide bonds. The number of rotatable bonds is 3. The van der Waals surface area contributed by atoms with Gasteiger partial charge >= 0.3 is 0 Å². The van der Waals surface area contributed by atoms with Crippen LogP contribution in [0.25, 0.3) is 0 Å². The van der Waals surface area contributed by atoms with Gasteiger partial charge < -0.3 is 10.2 Å². The van der Waals surface area contributed by atoms with E-state index in [1.54, 1.807) is 0 Å². The Hall–Kier alpha value is -1.24. The molecule has 0 spiro atoms. The number of nitrogens with zero attached hydrogens (tertiary/aromatic N) is 2. The van der Waals surface area contributed by atoms with Gasteiger partial charge in [-0.2, -0.15) is 0 Å². The quantitative estimate of drug-likeness (QED) is 0.900. The van der Waals surface area contributed by atoms with Gasteiger partial charge in [0.1, 0.15) is 0 Å². The molecular formula is C16H22ClF2N3O. The second-order valence-electron chi connectivity index (χ2n) is 5.99. The van der Waals surface area contributed by atoms with E-state index in [1.807, 2.05) is 4.90 Å². The van der Waals surface area contributed by atoms with Crippen LogP contribution < -0.4 is 5.32 Å². The van der Waals surface area contributed by atoms with Crippen molar-refractivity contribution < 1.29 is 13.6 Å². The van der Waals surface area contributed by atoms with Crippen molar-refractivity contribution in [3.63, 3.8) is 0 Å². The summed E-state index contributed by atoms with van der Waals surface area (Å²) in [6.07, 6.45) is 1.12. The normalized spacial score (nSPS) is 22.0. The molecule has 1 aromatic rings. The van der Waals surface area contributed by atoms with Crippen LogP contribution in [0.1, 0.15) is 12.0 Å². The lowest BCUT2D eigenvalue weighted by molar-refractivity contribution is -0.129. The Morgan fingerprint density at radius 3 is 2.61 bits per heavy atom. The molecule has 2 fully saturated rings. The van der Waals surface area contributed by atoms with Crippen LogP contribution in [0, 0.1) is 11.6 Å². The molecule has 2 heterocycles. The maximum absolute atomic E-state index is 13.2. The van der Waals surface area contributed by atoms with E-state index in [9.17, 15) is 13.6 Å². The standard InChI is InChI=1S/C16H21F2N3O.ClH/c17-14-2-1-12(9-15(14)18)10-16(22)21-6-3-13(11-21)20-7-4-19-5-8-20;/h1-2,9,13,19H,3-8,10-11H2;1H. The van der Waals surface area contributed by atoms with E-state index < -0.39 is 11.6 Å². The smallest absolute Gasteiger partial charge is 0.227 e. The molecule has 1 atom stereocenters. The summed E-state index contributed by atoms with van der Waals surface area (Å²) in [5, 5.41) is 3.33. The molecule has 1 N–H and O–H groups in total. The number of piperazine rings is 1. The van der Waals surface area contributed by atoms with Crippen molar-refractivity contribution in [3.8, 4) is 0 Å². The van der Waals surface area contributed by atoms with Crippen LogP contribution >= 0.6 is 12.4 Å². The highest BCUT2D eigenvalue weighted by molar-refractivity contribution is 5.85. The van der Waals surface area contributed by atoms with Crippen LogP contribution in [0.15, 0.2) is 18.2 Å². The number of carbonyl (C=O) groups is 1. The van der Waals surface area contributed by atoms with Gasteiger partial charge in [0.25, 0.3) is 0 Å². The highest BCUT2D eigenvalue weighted by atomic mass is 35.5. The predicted molar refractivity (Wildman–Crippen MR) is 86.7 cm³/mol. The van der Waals surface area contributed by atoms with Gasteiger partial charge in [-0.05, 0) is 24.1 Å². The van der Waals surface area contributed by atoms with Crippen molar-refractivity contribution >= 4 is 18.3 Å². The van der Waals surface area contributed by atoms with Gasteiger partial charge in [0.15, 0.2) is 11.6 Å². The summed E-state index contributed by atoms with van der Waals surface area (Å²) in [5.41, 5.74) is 0.523. The van der Waals surface area contributed by atoms with Crippen LogP contribution in [0.4, 0.5) is 8.78 Å². The summed E-state index contributed by atoms with van der Waals surface area (Å²) in [6.45, 7) is 5.53. The molecule has 1 aromatic carbocycles. The Kier molecular flexibility index (Phi) is 6.33. The minimum Gasteiger partial charge on any atom is -0.341 e. The van der Waals surface area contributed by atoms with Crippen molar-refractivity contribution in [1.29, 1.82) is 0 Å². The Balaban J connectivity index is 0.00000192. The highest BCUT2D eigenvalue weighted by Crippen LogP contribution is 2.18. The van der Waals surface area contributed by atoms with Crippen molar-refractivity contribution in [2.24, 2.45) is 0 Å². The monoisotopic (exact) mass is 345 g/mol. The van der Waals surface area contributed by atoms with E-state index >= 15 is 0 Å². The van der Waals surface area contributed by atoms with Crippen LogP contribution in [-0.2, 0) is 11.2 Å². The van der Waals surface area contributed by atoms with E-state index in [0.29, 0.717) is 11.6 Å². The Labute approximate surface area is 141 Å². The first kappa shape index (κ1) is 18.1. The summed E-state index contributed by atoms with van der Waals surface area (Å²) in [4.78, 5) is 16.6. The lowest BCUT2D eigenvalue weighted by atomic mass is 10.1. The molecule has 4 nitrogen and oxygen atoms in total. The van der Waals surface area contributed by atoms with Crippen molar-refractivity contribution in [2.75, 3.05) is 39.3 Å². The molecule has 128 valence electrons. The van der Waals surface area contributed by atoms with Gasteiger partial charge in [-0.15, -0.1) is 12.4 Å². The molecule has 2 aliphatic heterocycles. The molecular weight excluding hydrogens is 324 g/mol. The van der Waals surface area contributed by atoms with E-state index in [-0.39, 0.29) is 24.7 Å². The first-order chi connectivity index (χ1) is 10.6. The second kappa shape index (κ2) is 8.04. The number of hydrogen-bond donors (Lipinski definition) is 1. The van der Waals surface area contributed by atoms with Crippen molar-refractivity contribution in [2.45, 2.75) is 18.9 Å².